The summed E-state index contributed by atoms with van der Waals surface area (Å²) in [7, 11) is 0. The molecule has 0 N–H and O–H groups in total. The van der Waals surface area contributed by atoms with Gasteiger partial charge in [-0.05, 0) is 55.8 Å². The zero-order valence-electron chi connectivity index (χ0n) is 17.8. The van der Waals surface area contributed by atoms with Crippen LogP contribution in [-0.2, 0) is 0 Å². The van der Waals surface area contributed by atoms with E-state index in [9.17, 15) is 13.6 Å². The maximum absolute atomic E-state index is 13.5. The molecule has 0 atom stereocenters. The molecule has 2 aromatic carbocycles. The minimum atomic E-state index is -0.541. The van der Waals surface area contributed by atoms with Crippen LogP contribution in [0.15, 0.2) is 42.5 Å². The second-order valence-electron chi connectivity index (χ2n) is 7.88. The van der Waals surface area contributed by atoms with E-state index in [0.717, 1.165) is 39.8 Å². The standard InChI is InChI=1S/C23H20ClF2N5OS/c1-14-20-21(31(28-14)17-6-4-16(25)5-7-17)27-23(33-20)30-10-2-9-29(11-12-30)22(32)15-3-8-19(26)18(24)13-15/h3-8,13H,2,9-12H2,1H3. The van der Waals surface area contributed by atoms with Crippen LogP contribution in [-0.4, -0.2) is 51.8 Å². The van der Waals surface area contributed by atoms with Crippen LogP contribution in [0.25, 0.3) is 16.0 Å². The lowest BCUT2D eigenvalue weighted by Crippen LogP contribution is -2.35. The molecule has 2 aromatic heterocycles. The first kappa shape index (κ1) is 21.8. The highest BCUT2D eigenvalue weighted by Crippen LogP contribution is 2.33. The molecule has 170 valence electrons. The Morgan fingerprint density at radius 2 is 1.85 bits per heavy atom. The Hall–Kier alpha value is -3.04. The van der Waals surface area contributed by atoms with Gasteiger partial charge in [-0.3, -0.25) is 4.79 Å². The van der Waals surface area contributed by atoms with E-state index < -0.39 is 5.82 Å². The van der Waals surface area contributed by atoms with E-state index >= 15 is 0 Å². The van der Waals surface area contributed by atoms with Crippen LogP contribution >= 0.6 is 22.9 Å². The van der Waals surface area contributed by atoms with E-state index in [4.69, 9.17) is 16.6 Å². The van der Waals surface area contributed by atoms with Gasteiger partial charge in [0.1, 0.15) is 11.6 Å². The van der Waals surface area contributed by atoms with Crippen molar-refractivity contribution in [3.63, 3.8) is 0 Å². The second kappa shape index (κ2) is 8.72. The molecule has 3 heterocycles. The molecule has 33 heavy (non-hydrogen) atoms. The number of aryl methyl sites for hydroxylation is 1. The van der Waals surface area contributed by atoms with Crippen molar-refractivity contribution in [1.29, 1.82) is 0 Å². The summed E-state index contributed by atoms with van der Waals surface area (Å²) in [4.78, 5) is 21.7. The lowest BCUT2D eigenvalue weighted by atomic mass is 10.2. The van der Waals surface area contributed by atoms with Gasteiger partial charge in [0.2, 0.25) is 0 Å². The third-order valence-corrected chi connectivity index (χ3v) is 7.17. The lowest BCUT2D eigenvalue weighted by Gasteiger charge is -2.22. The SMILES string of the molecule is Cc1nn(-c2ccc(F)cc2)c2nc(N3CCCN(C(=O)c4ccc(F)c(Cl)c4)CC3)sc12. The minimum Gasteiger partial charge on any atom is -0.346 e. The maximum Gasteiger partial charge on any atom is 0.253 e. The Morgan fingerprint density at radius 1 is 1.06 bits per heavy atom. The van der Waals surface area contributed by atoms with Gasteiger partial charge >= 0.3 is 0 Å². The Bertz CT molecular complexity index is 1340. The van der Waals surface area contributed by atoms with Gasteiger partial charge in [-0.2, -0.15) is 10.1 Å². The zero-order chi connectivity index (χ0) is 23.1. The number of hydrogen-bond acceptors (Lipinski definition) is 5. The number of carbonyl (C=O) groups is 1. The lowest BCUT2D eigenvalue weighted by molar-refractivity contribution is 0.0767. The van der Waals surface area contributed by atoms with Crippen molar-refractivity contribution in [3.8, 4) is 5.69 Å². The smallest absolute Gasteiger partial charge is 0.253 e. The van der Waals surface area contributed by atoms with E-state index in [1.54, 1.807) is 33.1 Å². The van der Waals surface area contributed by atoms with Crippen LogP contribution in [0.2, 0.25) is 5.02 Å². The fourth-order valence-corrected chi connectivity index (χ4v) is 5.16. The molecule has 0 bridgehead atoms. The number of fused-ring (bicyclic) bond motifs is 1. The van der Waals surface area contributed by atoms with Crippen molar-refractivity contribution in [2.24, 2.45) is 0 Å². The Kier molecular flexibility index (Phi) is 5.76. The molecule has 4 aromatic rings. The van der Waals surface area contributed by atoms with Gasteiger partial charge in [0.25, 0.3) is 5.91 Å². The molecule has 6 nitrogen and oxygen atoms in total. The summed E-state index contributed by atoms with van der Waals surface area (Å²) in [6.45, 7) is 4.43. The fourth-order valence-electron chi connectivity index (χ4n) is 3.94. The number of anilines is 1. The van der Waals surface area contributed by atoms with Crippen LogP contribution in [0, 0.1) is 18.6 Å². The average Bonchev–Trinajstić information content (AvgIpc) is 3.27. The van der Waals surface area contributed by atoms with E-state index in [1.165, 1.54) is 30.3 Å². The van der Waals surface area contributed by atoms with Crippen molar-refractivity contribution >= 4 is 44.3 Å². The molecular formula is C23H20ClF2N5OS. The molecule has 0 radical (unpaired) electrons. The predicted molar refractivity (Wildman–Crippen MR) is 126 cm³/mol. The van der Waals surface area contributed by atoms with Gasteiger partial charge in [0.05, 0.1) is 21.1 Å². The first-order chi connectivity index (χ1) is 15.9. The number of hydrogen-bond donors (Lipinski definition) is 0. The summed E-state index contributed by atoms with van der Waals surface area (Å²) >= 11 is 7.41. The zero-order valence-corrected chi connectivity index (χ0v) is 19.3. The third kappa shape index (κ3) is 4.18. The molecule has 1 aliphatic rings. The number of aromatic nitrogens is 3. The first-order valence-electron chi connectivity index (χ1n) is 10.5. The monoisotopic (exact) mass is 487 g/mol. The van der Waals surface area contributed by atoms with Crippen LogP contribution in [0.1, 0.15) is 22.5 Å². The van der Waals surface area contributed by atoms with Crippen molar-refractivity contribution in [3.05, 3.63) is 70.4 Å². The first-order valence-corrected chi connectivity index (χ1v) is 11.7. The molecule has 1 aliphatic heterocycles. The highest BCUT2D eigenvalue weighted by molar-refractivity contribution is 7.22. The number of thiazole rings is 1. The summed E-state index contributed by atoms with van der Waals surface area (Å²) in [5, 5.41) is 5.37. The van der Waals surface area contributed by atoms with Crippen LogP contribution in [0.4, 0.5) is 13.9 Å². The summed E-state index contributed by atoms with van der Waals surface area (Å²) in [6.07, 6.45) is 0.777. The summed E-state index contributed by atoms with van der Waals surface area (Å²) in [6, 6.07) is 10.2. The number of benzene rings is 2. The molecule has 0 saturated carbocycles. The van der Waals surface area contributed by atoms with E-state index in [2.05, 4.69) is 10.00 Å². The van der Waals surface area contributed by atoms with Gasteiger partial charge in [-0.1, -0.05) is 22.9 Å². The number of nitrogens with zero attached hydrogens (tertiary/aromatic N) is 5. The molecule has 1 fully saturated rings. The fraction of sp³-hybridized carbons (Fsp3) is 0.261. The van der Waals surface area contributed by atoms with E-state index in [-0.39, 0.29) is 16.7 Å². The van der Waals surface area contributed by atoms with Gasteiger partial charge in [-0.25, -0.2) is 13.5 Å². The average molecular weight is 488 g/mol. The highest BCUT2D eigenvalue weighted by Gasteiger charge is 2.24. The van der Waals surface area contributed by atoms with E-state index in [1.807, 2.05) is 6.92 Å². The minimum absolute atomic E-state index is 0.0580. The molecule has 5 rings (SSSR count). The number of halogens is 3. The summed E-state index contributed by atoms with van der Waals surface area (Å²) < 4.78 is 29.5. The predicted octanol–water partition coefficient (Wildman–Crippen LogP) is 5.07. The van der Waals surface area contributed by atoms with Gasteiger partial charge < -0.3 is 9.80 Å². The molecule has 0 aliphatic carbocycles. The summed E-state index contributed by atoms with van der Waals surface area (Å²) in [5.41, 5.74) is 2.72. The van der Waals surface area contributed by atoms with Crippen LogP contribution in [0.5, 0.6) is 0 Å². The quantitative estimate of drug-likeness (QED) is 0.404. The van der Waals surface area contributed by atoms with Gasteiger partial charge in [-0.15, -0.1) is 0 Å². The topological polar surface area (TPSA) is 54.3 Å². The van der Waals surface area contributed by atoms with Crippen molar-refractivity contribution in [2.75, 3.05) is 31.1 Å². The van der Waals surface area contributed by atoms with Crippen molar-refractivity contribution in [2.45, 2.75) is 13.3 Å². The number of amides is 1. The van der Waals surface area contributed by atoms with Crippen LogP contribution in [0.3, 0.4) is 0 Å². The Labute approximate surface area is 198 Å². The molecule has 0 spiro atoms. The Morgan fingerprint density at radius 3 is 2.61 bits per heavy atom. The molecule has 0 unspecified atom stereocenters. The maximum atomic E-state index is 13.5. The number of carbonyl (C=O) groups excluding carboxylic acids is 1. The van der Waals surface area contributed by atoms with Crippen molar-refractivity contribution < 1.29 is 13.6 Å². The normalized spacial score (nSPS) is 14.7. The summed E-state index contributed by atoms with van der Waals surface area (Å²) in [5.74, 6) is -1.00. The molecular weight excluding hydrogens is 468 g/mol. The molecule has 1 saturated heterocycles. The van der Waals surface area contributed by atoms with Crippen LogP contribution < -0.4 is 4.90 Å². The Balaban J connectivity index is 1.36. The third-order valence-electron chi connectivity index (χ3n) is 5.67. The van der Waals surface area contributed by atoms with E-state index in [0.29, 0.717) is 25.2 Å². The van der Waals surface area contributed by atoms with Gasteiger partial charge in [0.15, 0.2) is 10.8 Å². The van der Waals surface area contributed by atoms with Gasteiger partial charge in [0, 0.05) is 31.7 Å². The molecule has 10 heteroatoms. The largest absolute Gasteiger partial charge is 0.346 e. The highest BCUT2D eigenvalue weighted by atomic mass is 35.5. The second-order valence-corrected chi connectivity index (χ2v) is 9.27. The molecule has 1 amide bonds. The van der Waals surface area contributed by atoms with Crippen molar-refractivity contribution in [1.82, 2.24) is 19.7 Å². The number of rotatable bonds is 3.